The number of fused-ring (bicyclic) bond motifs is 15. The second kappa shape index (κ2) is 22.3. The van der Waals surface area contributed by atoms with Gasteiger partial charge < -0.3 is 40.5 Å². The van der Waals surface area contributed by atoms with E-state index in [2.05, 4.69) is 0 Å². The molecule has 7 N–H and O–H groups in total. The van der Waals surface area contributed by atoms with Gasteiger partial charge in [-0.1, -0.05) is 66.7 Å². The second-order valence-electron chi connectivity index (χ2n) is 28.8. The third-order valence-electron chi connectivity index (χ3n) is 25.3. The standard InChI is InChI=1S/C24H29F3O5S.C22H28F2O5.C20H24F2O5/c1-4-20(30)32-24(21(31)33-11-25)12(2)7-16-17-9-18(26)14-8-13(28)5-6-15(14)23(17,27)19(29)10-22(16,24)3;1-11-6-13-14-8-16(23)15-7-12(26)4-5-19(15,2)21(14,24)17(27)9-20(13,3)22(11,29)18(28)10-25;1-9-5-13-14-7-15(21)11-6-10(23)3-4-12(11)19(14,22)16(24)8-18(13,2)20(9,27)17(25)26/h5-6,8,12,15-19,29H,4,7,9-11H2,1-3H3;4-5,7,11,13-14,16-17,25,27,29H,6,8-10H2,1-3H3;3-4,6,9,12-16,24,27H,5,7-8H2,1-2H3,(H,25,26)/t12-,15?,16?,17?,18+,19+,22+,23+,24+;11-,13?,14?,16+,17+,19+,20+,21+,22+;9-,12?,13?,14?,15+,16+,18+,19+,20+/m111/s1. The average Bonchev–Trinajstić information content (AvgIpc) is 1.65. The molecule has 23 heteroatoms. The Labute approximate surface area is 515 Å². The molecule has 15 nitrogen and oxygen atoms in total. The molecule has 0 amide bonds. The number of allylic oxidation sites excluding steroid dienone is 12. The van der Waals surface area contributed by atoms with Gasteiger partial charge in [0.15, 0.2) is 40.0 Å². The molecule has 490 valence electrons. The molecule has 0 heterocycles. The van der Waals surface area contributed by atoms with E-state index in [4.69, 9.17) is 4.74 Å². The zero-order valence-corrected chi connectivity index (χ0v) is 51.8. The van der Waals surface area contributed by atoms with E-state index in [9.17, 15) is 78.1 Å². The zero-order valence-electron chi connectivity index (χ0n) is 50.9. The van der Waals surface area contributed by atoms with Gasteiger partial charge in [-0.2, -0.15) is 0 Å². The predicted molar refractivity (Wildman–Crippen MR) is 308 cm³/mol. The van der Waals surface area contributed by atoms with E-state index in [0.29, 0.717) is 11.8 Å². The topological polar surface area (TPSA) is 270 Å². The smallest absolute Gasteiger partial charge is 0.336 e. The minimum absolute atomic E-state index is 0.0105. The van der Waals surface area contributed by atoms with Crippen molar-refractivity contribution in [2.75, 3.05) is 12.6 Å². The normalized spacial score (nSPS) is 51.0. The number of ether oxygens (including phenoxy) is 1. The van der Waals surface area contributed by atoms with Crippen LogP contribution in [0.15, 0.2) is 71.4 Å². The van der Waals surface area contributed by atoms with E-state index in [-0.39, 0.29) is 80.9 Å². The van der Waals surface area contributed by atoms with Gasteiger partial charge in [-0.15, -0.1) is 0 Å². The monoisotopic (exact) mass is 1280 g/mol. The van der Waals surface area contributed by atoms with Crippen LogP contribution >= 0.6 is 11.8 Å². The summed E-state index contributed by atoms with van der Waals surface area (Å²) in [6.07, 6.45) is 0.936. The summed E-state index contributed by atoms with van der Waals surface area (Å²) >= 11 is 0.397. The average molecular weight is 1280 g/mol. The molecule has 12 rings (SSSR count). The highest BCUT2D eigenvalue weighted by Gasteiger charge is 2.79. The molecular formula is C66H81F7O15S. The molecule has 0 saturated heterocycles. The van der Waals surface area contributed by atoms with Gasteiger partial charge in [0, 0.05) is 63.6 Å². The lowest BCUT2D eigenvalue weighted by Gasteiger charge is -2.63. The Morgan fingerprint density at radius 1 is 0.607 bits per heavy atom. The Morgan fingerprint density at radius 2 is 1.04 bits per heavy atom. The zero-order chi connectivity index (χ0) is 65.9. The van der Waals surface area contributed by atoms with Crippen molar-refractivity contribution >= 4 is 51.9 Å². The Balaban J connectivity index is 0.000000148. The first-order valence-corrected chi connectivity index (χ1v) is 31.9. The van der Waals surface area contributed by atoms with Crippen LogP contribution in [0.2, 0.25) is 0 Å². The number of thioether (sulfide) groups is 1. The van der Waals surface area contributed by atoms with Crippen LogP contribution in [0.1, 0.15) is 120 Å². The number of carboxylic acids is 1. The van der Waals surface area contributed by atoms with Crippen molar-refractivity contribution in [3.05, 3.63) is 71.4 Å². The molecule has 12 aliphatic carbocycles. The van der Waals surface area contributed by atoms with Crippen molar-refractivity contribution in [2.24, 2.45) is 86.8 Å². The summed E-state index contributed by atoms with van der Waals surface area (Å²) in [4.78, 5) is 85.4. The maximum absolute atomic E-state index is 16.9. The Kier molecular flexibility index (Phi) is 16.8. The van der Waals surface area contributed by atoms with Crippen LogP contribution in [0.5, 0.6) is 0 Å². The molecule has 0 bridgehead atoms. The number of alkyl halides is 7. The number of carbonyl (C=O) groups is 7. The van der Waals surface area contributed by atoms with E-state index >= 15 is 22.0 Å². The quantitative estimate of drug-likeness (QED) is 0.0944. The van der Waals surface area contributed by atoms with Crippen LogP contribution in [0.25, 0.3) is 0 Å². The minimum atomic E-state index is -2.24. The van der Waals surface area contributed by atoms with Gasteiger partial charge in [0.25, 0.3) is 0 Å². The number of aliphatic hydroxyl groups is 6. The van der Waals surface area contributed by atoms with Crippen LogP contribution in [-0.2, 0) is 38.3 Å². The summed E-state index contributed by atoms with van der Waals surface area (Å²) in [5.41, 5.74) is -17.5. The maximum Gasteiger partial charge on any atom is 0.336 e. The molecule has 0 aromatic rings. The van der Waals surface area contributed by atoms with Crippen molar-refractivity contribution in [1.82, 2.24) is 0 Å². The number of rotatable bonds is 7. The fourth-order valence-corrected chi connectivity index (χ4v) is 21.8. The van der Waals surface area contributed by atoms with Crippen molar-refractivity contribution in [3.63, 3.8) is 0 Å². The summed E-state index contributed by atoms with van der Waals surface area (Å²) in [5, 5.41) is 74.0. The van der Waals surface area contributed by atoms with Gasteiger partial charge in [-0.3, -0.25) is 28.8 Å². The highest BCUT2D eigenvalue weighted by molar-refractivity contribution is 8.13. The van der Waals surface area contributed by atoms with Gasteiger partial charge in [0.2, 0.25) is 5.12 Å². The third-order valence-corrected chi connectivity index (χ3v) is 26.0. The third kappa shape index (κ3) is 8.80. The molecule has 27 atom stereocenters. The first-order chi connectivity index (χ1) is 41.3. The SMILES string of the molecule is CCC(=O)O[C@]1(C(=O)SCF)[C@H](C)CC2C3C[C@H](F)C4=CC(=O)C=CC4[C@@]3(F)[C@@H](O)C[C@@]21C.C[C@@H]1CC2C3C[C@H](F)C4=CC(=O)C=CC4[C@@]3(F)[C@@H](O)C[C@]2(C)[C@@]1(O)C(=O)O.C[C@@H]1CC2C3C[C@H](F)C4=CC(=O)C=C[C@]4(C)[C@@]3(F)[C@@H](O)C[C@]2(C)[C@@]1(O)C(=O)CO. The number of carbonyl (C=O) groups excluding carboxylic acids is 6. The first-order valence-electron chi connectivity index (χ1n) is 30.9. The van der Waals surface area contributed by atoms with E-state index in [1.807, 2.05) is 0 Å². The van der Waals surface area contributed by atoms with Crippen molar-refractivity contribution in [1.29, 1.82) is 0 Å². The molecule has 12 aliphatic rings. The van der Waals surface area contributed by atoms with Gasteiger partial charge >= 0.3 is 11.9 Å². The number of halogens is 7. The summed E-state index contributed by atoms with van der Waals surface area (Å²) in [5.74, 6) is -12.6. The molecule has 0 radical (unpaired) electrons. The number of aliphatic hydroxyl groups excluding tert-OH is 4. The van der Waals surface area contributed by atoms with Crippen LogP contribution in [0.4, 0.5) is 30.7 Å². The number of hydrogen-bond donors (Lipinski definition) is 7. The van der Waals surface area contributed by atoms with E-state index in [1.165, 1.54) is 43.4 Å². The van der Waals surface area contributed by atoms with Gasteiger partial charge in [-0.05, 0) is 159 Å². The fraction of sp³-hybridized carbons (Fsp3) is 0.712. The summed E-state index contributed by atoms with van der Waals surface area (Å²) in [7, 11) is 0. The molecule has 89 heavy (non-hydrogen) atoms. The van der Waals surface area contributed by atoms with Crippen LogP contribution in [0, 0.1) is 86.8 Å². The number of ketones is 4. The van der Waals surface area contributed by atoms with Crippen LogP contribution < -0.4 is 0 Å². The first kappa shape index (κ1) is 67.2. The van der Waals surface area contributed by atoms with Crippen molar-refractivity contribution in [3.8, 4) is 0 Å². The fourth-order valence-electron chi connectivity index (χ4n) is 21.0. The number of esters is 1. The summed E-state index contributed by atoms with van der Waals surface area (Å²) in [6.45, 7) is 12.1. The molecule has 9 saturated carbocycles. The van der Waals surface area contributed by atoms with E-state index in [1.54, 1.807) is 48.5 Å². The highest BCUT2D eigenvalue weighted by atomic mass is 32.2. The number of hydrogen-bond acceptors (Lipinski definition) is 15. The molecule has 0 aromatic heterocycles. The number of aliphatic carboxylic acids is 1. The lowest BCUT2D eigenvalue weighted by atomic mass is 9.44. The van der Waals surface area contributed by atoms with E-state index < -0.39 is 210 Å². The Hall–Kier alpha value is -4.65. The Bertz CT molecular complexity index is 3210. The van der Waals surface area contributed by atoms with Crippen LogP contribution in [0.3, 0.4) is 0 Å². The van der Waals surface area contributed by atoms with Crippen molar-refractivity contribution < 1.29 is 105 Å². The highest BCUT2D eigenvalue weighted by Crippen LogP contribution is 2.74. The molecule has 0 aliphatic heterocycles. The van der Waals surface area contributed by atoms with Crippen molar-refractivity contribution in [2.45, 2.75) is 190 Å². The number of carboxylic acid groups (broad SMARTS) is 1. The summed E-state index contributed by atoms with van der Waals surface area (Å²) in [6, 6.07) is -1.02. The predicted octanol–water partition coefficient (Wildman–Crippen LogP) is 7.86. The summed E-state index contributed by atoms with van der Waals surface area (Å²) < 4.78 is 115. The van der Waals surface area contributed by atoms with Gasteiger partial charge in [0.1, 0.15) is 48.1 Å². The molecule has 8 unspecified atom stereocenters. The molecule has 0 spiro atoms. The lowest BCUT2D eigenvalue weighted by molar-refractivity contribution is -0.223. The maximum atomic E-state index is 16.9. The Morgan fingerprint density at radius 3 is 1.54 bits per heavy atom. The van der Waals surface area contributed by atoms with Crippen LogP contribution in [-0.4, -0.2) is 159 Å². The molecule has 9 fully saturated rings. The minimum Gasteiger partial charge on any atom is -0.479 e. The second-order valence-corrected chi connectivity index (χ2v) is 29.7. The largest absolute Gasteiger partial charge is 0.479 e. The van der Waals surface area contributed by atoms with Gasteiger partial charge in [0.05, 0.1) is 18.3 Å². The molecule has 0 aromatic carbocycles. The number of Topliss-reactive ketones (excluding diaryl/α,β-unsaturated/α-hetero) is 1. The van der Waals surface area contributed by atoms with Gasteiger partial charge in [-0.25, -0.2) is 35.5 Å². The molecular weight excluding hydrogens is 1200 g/mol. The lowest BCUT2D eigenvalue weighted by Crippen LogP contribution is -2.70. The van der Waals surface area contributed by atoms with E-state index in [0.717, 1.165) is 18.2 Å².